The number of anilines is 2. The van der Waals surface area contributed by atoms with E-state index in [2.05, 4.69) is 26.2 Å². The largest absolute Gasteiger partial charge is 0.516 e. The van der Waals surface area contributed by atoms with Crippen LogP contribution < -0.4 is 15.8 Å². The molecule has 0 fully saturated rings. The van der Waals surface area contributed by atoms with Gasteiger partial charge in [-0.05, 0) is 52.5 Å². The highest BCUT2D eigenvalue weighted by Gasteiger charge is 2.46. The average Bonchev–Trinajstić information content (AvgIpc) is 3.32. The summed E-state index contributed by atoms with van der Waals surface area (Å²) in [5, 5.41) is 2.73. The first kappa shape index (κ1) is 28.5. The quantitative estimate of drug-likeness (QED) is 0.221. The second-order valence-corrected chi connectivity index (χ2v) is 11.1. The van der Waals surface area contributed by atoms with E-state index in [0.29, 0.717) is 51.9 Å². The summed E-state index contributed by atoms with van der Waals surface area (Å²) in [4.78, 5) is 17.4. The second kappa shape index (κ2) is 10.9. The number of alkyl halides is 3. The number of nitrogen functional groups attached to an aromatic ring is 1. The molecule has 0 atom stereocenters. The number of carbonyl (C=O) groups is 1. The van der Waals surface area contributed by atoms with Crippen LogP contribution in [-0.4, -0.2) is 35.9 Å². The molecule has 0 unspecified atom stereocenters. The summed E-state index contributed by atoms with van der Waals surface area (Å²) in [5.74, 6) is 0.184. The monoisotopic (exact) mass is 627 g/mol. The van der Waals surface area contributed by atoms with Gasteiger partial charge in [-0.15, -0.1) is 0 Å². The van der Waals surface area contributed by atoms with Gasteiger partial charge in [0.1, 0.15) is 5.82 Å². The van der Waals surface area contributed by atoms with E-state index in [4.69, 9.17) is 10.2 Å². The Morgan fingerprint density at radius 1 is 1.15 bits per heavy atom. The number of sulfonamides is 1. The zero-order valence-corrected chi connectivity index (χ0v) is 23.3. The number of aromatic nitrogens is 2. The Labute approximate surface area is 231 Å². The summed E-state index contributed by atoms with van der Waals surface area (Å²) in [6.07, 6.45) is 4.13. The maximum Gasteiger partial charge on any atom is 0.516 e. The highest BCUT2D eigenvalue weighted by Crippen LogP contribution is 2.48. The molecule has 1 aliphatic heterocycles. The summed E-state index contributed by atoms with van der Waals surface area (Å²) in [6.45, 7) is 4.14. The van der Waals surface area contributed by atoms with Crippen molar-refractivity contribution in [2.75, 3.05) is 17.0 Å². The van der Waals surface area contributed by atoms with E-state index >= 15 is 0 Å². The molecule has 0 radical (unpaired) electrons. The molecule has 0 saturated heterocycles. The average molecular weight is 628 g/mol. The van der Waals surface area contributed by atoms with Gasteiger partial charge in [0.05, 0.1) is 24.8 Å². The Hall–Kier alpha value is -3.52. The van der Waals surface area contributed by atoms with Crippen LogP contribution in [0.15, 0.2) is 51.7 Å². The van der Waals surface area contributed by atoms with Crippen LogP contribution in [-0.2, 0) is 23.0 Å². The van der Waals surface area contributed by atoms with Crippen molar-refractivity contribution in [1.82, 2.24) is 14.9 Å². The number of hydrogen-bond donors (Lipinski definition) is 3. The summed E-state index contributed by atoms with van der Waals surface area (Å²) >= 11 is 3.54. The topological polar surface area (TPSA) is 132 Å². The number of aryl methyl sites for hydroxylation is 1. The molecule has 2 aliphatic rings. The van der Waals surface area contributed by atoms with Crippen molar-refractivity contribution in [3.63, 3.8) is 0 Å². The maximum atomic E-state index is 13.2. The van der Waals surface area contributed by atoms with Gasteiger partial charge < -0.3 is 20.0 Å². The van der Waals surface area contributed by atoms with Crippen molar-refractivity contribution >= 4 is 43.4 Å². The van der Waals surface area contributed by atoms with E-state index in [0.717, 1.165) is 0 Å². The van der Waals surface area contributed by atoms with Gasteiger partial charge in [-0.2, -0.15) is 21.6 Å². The highest BCUT2D eigenvalue weighted by atomic mass is 79.9. The van der Waals surface area contributed by atoms with Crippen LogP contribution in [0, 0.1) is 0 Å². The van der Waals surface area contributed by atoms with Crippen molar-refractivity contribution in [1.29, 1.82) is 0 Å². The zero-order chi connectivity index (χ0) is 28.5. The van der Waals surface area contributed by atoms with Crippen LogP contribution in [0.3, 0.4) is 0 Å². The molecule has 2 heterocycles. The minimum absolute atomic E-state index is 0.0502. The lowest BCUT2D eigenvalue weighted by Gasteiger charge is -2.17. The third-order valence-electron chi connectivity index (χ3n) is 6.03. The first-order chi connectivity index (χ1) is 18.4. The van der Waals surface area contributed by atoms with Gasteiger partial charge in [0.2, 0.25) is 0 Å². The zero-order valence-electron chi connectivity index (χ0n) is 20.9. The third-order valence-corrected chi connectivity index (χ3v) is 7.96. The number of halogens is 4. The van der Waals surface area contributed by atoms with E-state index in [1.54, 1.807) is 28.3 Å². The van der Waals surface area contributed by atoms with Crippen molar-refractivity contribution in [2.45, 2.75) is 38.7 Å². The molecule has 2 aromatic rings. The van der Waals surface area contributed by atoms with Gasteiger partial charge in [0.15, 0.2) is 11.5 Å². The number of benzene rings is 1. The van der Waals surface area contributed by atoms with Gasteiger partial charge >= 0.3 is 15.5 Å². The molecule has 9 nitrogen and oxygen atoms in total. The van der Waals surface area contributed by atoms with E-state index < -0.39 is 21.4 Å². The molecule has 4 N–H and O–H groups in total. The predicted octanol–water partition coefficient (Wildman–Crippen LogP) is 5.60. The molecule has 208 valence electrons. The van der Waals surface area contributed by atoms with Crippen molar-refractivity contribution in [2.24, 2.45) is 0 Å². The number of nitrogens with two attached hydrogens (primary N) is 1. The fraction of sp³-hybridized carbons (Fsp3) is 0.280. The Bertz CT molecular complexity index is 1600. The van der Waals surface area contributed by atoms with Crippen LogP contribution in [0.1, 0.15) is 42.1 Å². The molecule has 0 bridgehead atoms. The van der Waals surface area contributed by atoms with Crippen LogP contribution in [0.25, 0.3) is 22.3 Å². The summed E-state index contributed by atoms with van der Waals surface area (Å²) < 4.78 is 72.9. The Kier molecular flexibility index (Phi) is 7.98. The highest BCUT2D eigenvalue weighted by molar-refractivity contribution is 9.10. The fourth-order valence-electron chi connectivity index (χ4n) is 4.39. The Balaban J connectivity index is 1.97. The predicted molar refractivity (Wildman–Crippen MR) is 145 cm³/mol. The number of rotatable bonds is 9. The first-order valence-electron chi connectivity index (χ1n) is 11.9. The standard InChI is InChI=1S/C25H25BrF3N5O4S/c1-3-7-19-32-23(30)22(24(35)31-4-2)34(19)12-16-14-10-11-38-13-17(14)21(26)20(16)15-8-5-6-9-18(15)33-39(36,37)25(27,28)29/h5-6,8-11,13,33H,3-4,7,12,30H2,1-2H3,(H,31,35). The van der Waals surface area contributed by atoms with Gasteiger partial charge in [-0.3, -0.25) is 9.52 Å². The number of hydrogen-bond acceptors (Lipinski definition) is 6. The Morgan fingerprint density at radius 3 is 2.54 bits per heavy atom. The number of para-hydroxylation sites is 1. The lowest BCUT2D eigenvalue weighted by molar-refractivity contribution is -0.0429. The molecule has 1 aromatic carbocycles. The van der Waals surface area contributed by atoms with Gasteiger partial charge in [0, 0.05) is 34.1 Å². The van der Waals surface area contributed by atoms with Crippen LogP contribution in [0.5, 0.6) is 0 Å². The van der Waals surface area contributed by atoms with Gasteiger partial charge in [-0.1, -0.05) is 25.1 Å². The molecule has 0 saturated carbocycles. The SMILES string of the molecule is CCCc1nc(N)c(C(=O)NCC)n1Cc1c2ccocc-2c(Br)c1-c1ccccc1NS(=O)(=O)C(F)(F)F. The summed E-state index contributed by atoms with van der Waals surface area (Å²) in [7, 11) is -5.70. The first-order valence-corrected chi connectivity index (χ1v) is 14.2. The van der Waals surface area contributed by atoms with Crippen molar-refractivity contribution in [3.8, 4) is 22.3 Å². The van der Waals surface area contributed by atoms with E-state index in [1.165, 1.54) is 30.7 Å². The lowest BCUT2D eigenvalue weighted by Crippen LogP contribution is -2.30. The van der Waals surface area contributed by atoms with E-state index in [9.17, 15) is 26.4 Å². The molecule has 14 heteroatoms. The van der Waals surface area contributed by atoms with Crippen molar-refractivity contribution in [3.05, 3.63) is 64.4 Å². The normalized spacial score (nSPS) is 12.2. The van der Waals surface area contributed by atoms with Gasteiger partial charge in [-0.25, -0.2) is 4.98 Å². The van der Waals surface area contributed by atoms with Crippen LogP contribution in [0.4, 0.5) is 24.7 Å². The number of amides is 1. The smallest absolute Gasteiger partial charge is 0.472 e. The number of imidazole rings is 1. The molecule has 1 aliphatic carbocycles. The molecule has 1 aromatic heterocycles. The van der Waals surface area contributed by atoms with Crippen LogP contribution >= 0.6 is 15.9 Å². The molecule has 1 amide bonds. The third kappa shape index (κ3) is 5.35. The number of nitrogens with zero attached hydrogens (tertiary/aromatic N) is 2. The molecular weight excluding hydrogens is 603 g/mol. The van der Waals surface area contributed by atoms with Crippen molar-refractivity contribution < 1.29 is 30.8 Å². The second-order valence-electron chi connectivity index (χ2n) is 8.61. The number of carbonyl (C=O) groups excluding carboxylic acids is 1. The summed E-state index contributed by atoms with van der Waals surface area (Å²) in [6, 6.07) is 7.44. The van der Waals surface area contributed by atoms with E-state index in [1.807, 2.05) is 6.92 Å². The lowest BCUT2D eigenvalue weighted by atomic mass is 10.0. The maximum absolute atomic E-state index is 13.2. The van der Waals surface area contributed by atoms with Gasteiger partial charge in [0.25, 0.3) is 5.91 Å². The fourth-order valence-corrected chi connectivity index (χ4v) is 5.73. The minimum atomic E-state index is -5.70. The van der Waals surface area contributed by atoms with E-state index in [-0.39, 0.29) is 29.3 Å². The Morgan fingerprint density at radius 2 is 1.87 bits per heavy atom. The minimum Gasteiger partial charge on any atom is -0.472 e. The molecule has 4 rings (SSSR count). The molecule has 39 heavy (non-hydrogen) atoms. The van der Waals surface area contributed by atoms with Crippen LogP contribution in [0.2, 0.25) is 0 Å². The summed E-state index contributed by atoms with van der Waals surface area (Å²) in [5.41, 5.74) is 3.00. The molecule has 0 spiro atoms. The number of nitrogens with one attached hydrogen (secondary N) is 2. The molecular formula is C25H25BrF3N5O4S. The number of fused-ring (bicyclic) bond motifs is 1.